The summed E-state index contributed by atoms with van der Waals surface area (Å²) < 4.78 is 2.31. The zero-order chi connectivity index (χ0) is 22.1. The summed E-state index contributed by atoms with van der Waals surface area (Å²) in [6.45, 7) is 8.27. The Kier molecular flexibility index (Phi) is 5.49. The lowest BCUT2D eigenvalue weighted by atomic mass is 10.1. The van der Waals surface area contributed by atoms with Gasteiger partial charge in [-0.15, -0.1) is 0 Å². The molecule has 2 aromatic carbocycles. The number of anilines is 2. The molecule has 164 valence electrons. The second kappa shape index (κ2) is 8.59. The summed E-state index contributed by atoms with van der Waals surface area (Å²) in [6, 6.07) is 16.3. The van der Waals surface area contributed by atoms with Crippen molar-refractivity contribution in [3.05, 3.63) is 60.9 Å². The van der Waals surface area contributed by atoms with E-state index < -0.39 is 0 Å². The van der Waals surface area contributed by atoms with Crippen LogP contribution in [0.1, 0.15) is 13.8 Å². The van der Waals surface area contributed by atoms with Crippen LogP contribution in [-0.4, -0.2) is 57.6 Å². The molecule has 2 aromatic heterocycles. The van der Waals surface area contributed by atoms with Crippen molar-refractivity contribution in [1.82, 2.24) is 19.4 Å². The molecule has 7 heteroatoms. The van der Waals surface area contributed by atoms with Gasteiger partial charge in [-0.05, 0) is 44.2 Å². The summed E-state index contributed by atoms with van der Waals surface area (Å²) in [5, 5.41) is 5.52. The van der Waals surface area contributed by atoms with Crippen molar-refractivity contribution < 1.29 is 4.79 Å². The Bertz CT molecular complexity index is 1240. The second-order valence-electron chi connectivity index (χ2n) is 8.23. The van der Waals surface area contributed by atoms with E-state index in [9.17, 15) is 4.79 Å². The highest BCUT2D eigenvalue weighted by molar-refractivity contribution is 6.10. The molecule has 1 N–H and O–H groups in total. The maximum absolute atomic E-state index is 13.0. The number of benzene rings is 2. The largest absolute Gasteiger partial charge is 0.341 e. The molecule has 1 fully saturated rings. The van der Waals surface area contributed by atoms with Crippen LogP contribution in [0.5, 0.6) is 0 Å². The Labute approximate surface area is 187 Å². The average molecular weight is 429 g/mol. The molecule has 7 nitrogen and oxygen atoms in total. The quantitative estimate of drug-likeness (QED) is 0.524. The van der Waals surface area contributed by atoms with Crippen LogP contribution in [0.3, 0.4) is 0 Å². The lowest BCUT2D eigenvalue weighted by molar-refractivity contribution is -0.120. The Morgan fingerprint density at radius 1 is 0.969 bits per heavy atom. The lowest BCUT2D eigenvalue weighted by Crippen LogP contribution is -2.53. The van der Waals surface area contributed by atoms with Gasteiger partial charge in [0.15, 0.2) is 0 Å². The van der Waals surface area contributed by atoms with Crippen LogP contribution in [0.4, 0.5) is 11.6 Å². The number of piperazine rings is 1. The maximum Gasteiger partial charge on any atom is 0.241 e. The van der Waals surface area contributed by atoms with Crippen LogP contribution in [0.15, 0.2) is 60.9 Å². The van der Waals surface area contributed by atoms with Crippen LogP contribution in [-0.2, 0) is 11.3 Å². The molecule has 4 aromatic rings. The van der Waals surface area contributed by atoms with Crippen molar-refractivity contribution in [2.24, 2.45) is 0 Å². The molecule has 1 atom stereocenters. The van der Waals surface area contributed by atoms with Crippen molar-refractivity contribution >= 4 is 39.3 Å². The first-order valence-corrected chi connectivity index (χ1v) is 11.2. The number of amides is 1. The molecule has 0 bridgehead atoms. The van der Waals surface area contributed by atoms with Gasteiger partial charge in [-0.3, -0.25) is 9.69 Å². The third kappa shape index (κ3) is 3.69. The number of para-hydroxylation sites is 1. The van der Waals surface area contributed by atoms with E-state index in [2.05, 4.69) is 73.0 Å². The summed E-state index contributed by atoms with van der Waals surface area (Å²) in [4.78, 5) is 26.1. The third-order valence-corrected chi connectivity index (χ3v) is 6.43. The fourth-order valence-electron chi connectivity index (χ4n) is 4.65. The van der Waals surface area contributed by atoms with E-state index in [4.69, 9.17) is 0 Å². The molecule has 0 radical (unpaired) electrons. The van der Waals surface area contributed by atoms with E-state index in [1.54, 1.807) is 12.4 Å². The SMILES string of the molecule is CCn1c2ccccc2c2cc(NC(=O)[C@H](C)N3CCN(c4ncccn4)CC3)ccc21. The van der Waals surface area contributed by atoms with Gasteiger partial charge in [0.2, 0.25) is 11.9 Å². The Morgan fingerprint density at radius 2 is 1.69 bits per heavy atom. The first kappa shape index (κ1) is 20.5. The molecule has 1 aliphatic heterocycles. The van der Waals surface area contributed by atoms with Gasteiger partial charge < -0.3 is 14.8 Å². The summed E-state index contributed by atoms with van der Waals surface area (Å²) in [5.41, 5.74) is 3.26. The number of nitrogens with one attached hydrogen (secondary N) is 1. The highest BCUT2D eigenvalue weighted by atomic mass is 16.2. The van der Waals surface area contributed by atoms with Crippen molar-refractivity contribution in [2.75, 3.05) is 36.4 Å². The molecular formula is C25H28N6O. The molecule has 0 spiro atoms. The van der Waals surface area contributed by atoms with E-state index in [0.29, 0.717) is 0 Å². The van der Waals surface area contributed by atoms with Gasteiger partial charge in [0, 0.05) is 72.6 Å². The number of fused-ring (bicyclic) bond motifs is 3. The lowest BCUT2D eigenvalue weighted by Gasteiger charge is -2.37. The fraction of sp³-hybridized carbons (Fsp3) is 0.320. The fourth-order valence-corrected chi connectivity index (χ4v) is 4.65. The molecule has 0 aliphatic carbocycles. The second-order valence-corrected chi connectivity index (χ2v) is 8.23. The number of aryl methyl sites for hydroxylation is 1. The van der Waals surface area contributed by atoms with Gasteiger partial charge in [-0.2, -0.15) is 0 Å². The minimum absolute atomic E-state index is 0.0213. The number of nitrogens with zero attached hydrogens (tertiary/aromatic N) is 5. The minimum Gasteiger partial charge on any atom is -0.341 e. The van der Waals surface area contributed by atoms with Crippen LogP contribution >= 0.6 is 0 Å². The maximum atomic E-state index is 13.0. The number of aromatic nitrogens is 3. The normalized spacial score (nSPS) is 15.9. The molecule has 0 unspecified atom stereocenters. The summed E-state index contributed by atoms with van der Waals surface area (Å²) in [5.74, 6) is 0.775. The molecule has 3 heterocycles. The third-order valence-electron chi connectivity index (χ3n) is 6.43. The average Bonchev–Trinajstić information content (AvgIpc) is 3.17. The van der Waals surface area contributed by atoms with E-state index >= 15 is 0 Å². The van der Waals surface area contributed by atoms with Gasteiger partial charge in [0.25, 0.3) is 0 Å². The monoisotopic (exact) mass is 428 g/mol. The number of hydrogen-bond acceptors (Lipinski definition) is 5. The Balaban J connectivity index is 1.29. The molecule has 1 aliphatic rings. The molecule has 1 saturated heterocycles. The number of hydrogen-bond donors (Lipinski definition) is 1. The van der Waals surface area contributed by atoms with Crippen LogP contribution in [0.25, 0.3) is 21.8 Å². The van der Waals surface area contributed by atoms with Gasteiger partial charge in [-0.25, -0.2) is 9.97 Å². The Morgan fingerprint density at radius 3 is 2.44 bits per heavy atom. The van der Waals surface area contributed by atoms with Gasteiger partial charge in [0.05, 0.1) is 6.04 Å². The zero-order valence-corrected chi connectivity index (χ0v) is 18.5. The summed E-state index contributed by atoms with van der Waals surface area (Å²) in [7, 11) is 0. The standard InChI is InChI=1S/C25H28N6O/c1-3-31-22-8-5-4-7-20(22)21-17-19(9-10-23(21)31)28-24(32)18(2)29-13-15-30(16-14-29)25-26-11-6-12-27-25/h4-12,17-18H,3,13-16H2,1-2H3,(H,28,32)/t18-/m0/s1. The molecule has 32 heavy (non-hydrogen) atoms. The van der Waals surface area contributed by atoms with Crippen LogP contribution < -0.4 is 10.2 Å². The van der Waals surface area contributed by atoms with Crippen molar-refractivity contribution in [2.45, 2.75) is 26.4 Å². The van der Waals surface area contributed by atoms with E-state index in [1.165, 1.54) is 21.8 Å². The predicted molar refractivity (Wildman–Crippen MR) is 129 cm³/mol. The highest BCUT2D eigenvalue weighted by Crippen LogP contribution is 2.31. The predicted octanol–water partition coefficient (Wildman–Crippen LogP) is 3.75. The topological polar surface area (TPSA) is 66.3 Å². The smallest absolute Gasteiger partial charge is 0.241 e. The van der Waals surface area contributed by atoms with Crippen molar-refractivity contribution in [3.63, 3.8) is 0 Å². The highest BCUT2D eigenvalue weighted by Gasteiger charge is 2.26. The molecule has 1 amide bonds. The summed E-state index contributed by atoms with van der Waals surface area (Å²) in [6.07, 6.45) is 3.53. The first-order valence-electron chi connectivity index (χ1n) is 11.2. The van der Waals surface area contributed by atoms with Gasteiger partial charge in [0.1, 0.15) is 0 Å². The van der Waals surface area contributed by atoms with Crippen LogP contribution in [0, 0.1) is 0 Å². The van der Waals surface area contributed by atoms with E-state index in [1.807, 2.05) is 19.1 Å². The number of rotatable bonds is 5. The van der Waals surface area contributed by atoms with Crippen LogP contribution in [0.2, 0.25) is 0 Å². The Hall–Kier alpha value is -3.45. The summed E-state index contributed by atoms with van der Waals surface area (Å²) >= 11 is 0. The first-order chi connectivity index (χ1) is 15.7. The van der Waals surface area contributed by atoms with Crippen molar-refractivity contribution in [3.8, 4) is 0 Å². The number of carbonyl (C=O) groups excluding carboxylic acids is 1. The minimum atomic E-state index is -0.207. The van der Waals surface area contributed by atoms with E-state index in [0.717, 1.165) is 44.4 Å². The van der Waals surface area contributed by atoms with Crippen molar-refractivity contribution in [1.29, 1.82) is 0 Å². The van der Waals surface area contributed by atoms with Gasteiger partial charge in [-0.1, -0.05) is 18.2 Å². The van der Waals surface area contributed by atoms with E-state index in [-0.39, 0.29) is 11.9 Å². The molecule has 0 saturated carbocycles. The van der Waals surface area contributed by atoms with Gasteiger partial charge >= 0.3 is 0 Å². The number of carbonyl (C=O) groups is 1. The molecule has 5 rings (SSSR count). The zero-order valence-electron chi connectivity index (χ0n) is 18.5. The molecular weight excluding hydrogens is 400 g/mol.